The number of nitrogens with one attached hydrogen (secondary N) is 2. The van der Waals surface area contributed by atoms with Gasteiger partial charge in [0.05, 0.1) is 36.3 Å². The summed E-state index contributed by atoms with van der Waals surface area (Å²) >= 11 is 0. The molecule has 0 saturated heterocycles. The predicted octanol–water partition coefficient (Wildman–Crippen LogP) is 5.57. The molecule has 0 bridgehead atoms. The van der Waals surface area contributed by atoms with Crippen molar-refractivity contribution in [3.8, 4) is 39.3 Å². The Morgan fingerprint density at radius 3 is 2.05 bits per heavy atom. The molecular formula is C29H22N6O2. The number of anilines is 2. The molecule has 6 rings (SSSR count). The maximum Gasteiger partial charge on any atom is 0.284 e. The third kappa shape index (κ3) is 4.10. The minimum absolute atomic E-state index is 0.266. The molecule has 0 unspecified atom stereocenters. The quantitative estimate of drug-likeness (QED) is 0.320. The fourth-order valence-corrected chi connectivity index (χ4v) is 4.38. The van der Waals surface area contributed by atoms with E-state index in [1.165, 1.54) is 10.8 Å². The molecule has 3 heterocycles. The highest BCUT2D eigenvalue weighted by atomic mass is 16.5. The molecule has 6 aromatic rings. The first-order chi connectivity index (χ1) is 18.2. The Labute approximate surface area is 212 Å². The zero-order chi connectivity index (χ0) is 25.2. The van der Waals surface area contributed by atoms with Crippen molar-refractivity contribution >= 4 is 17.2 Å². The maximum absolute atomic E-state index is 14.1. The summed E-state index contributed by atoms with van der Waals surface area (Å²) in [6, 6.07) is 27.1. The van der Waals surface area contributed by atoms with Crippen LogP contribution in [-0.2, 0) is 0 Å². The van der Waals surface area contributed by atoms with E-state index in [1.807, 2.05) is 84.9 Å². The van der Waals surface area contributed by atoms with Crippen molar-refractivity contribution in [1.29, 1.82) is 0 Å². The van der Waals surface area contributed by atoms with Crippen LogP contribution in [0.4, 0.5) is 11.5 Å². The van der Waals surface area contributed by atoms with Crippen molar-refractivity contribution < 1.29 is 4.74 Å². The van der Waals surface area contributed by atoms with Crippen molar-refractivity contribution in [2.24, 2.45) is 0 Å². The largest absolute Gasteiger partial charge is 0.497 e. The number of aromatic nitrogens is 5. The van der Waals surface area contributed by atoms with Gasteiger partial charge in [-0.2, -0.15) is 9.61 Å². The summed E-state index contributed by atoms with van der Waals surface area (Å²) in [6.07, 6.45) is 4.76. The highest BCUT2D eigenvalue weighted by Gasteiger charge is 2.23. The molecule has 180 valence electrons. The van der Waals surface area contributed by atoms with Crippen LogP contribution in [-0.4, -0.2) is 31.7 Å². The van der Waals surface area contributed by atoms with Crippen LogP contribution in [0.15, 0.2) is 108 Å². The average Bonchev–Trinajstić information content (AvgIpc) is 3.35. The van der Waals surface area contributed by atoms with E-state index < -0.39 is 0 Å². The van der Waals surface area contributed by atoms with Gasteiger partial charge in [-0.15, -0.1) is 0 Å². The van der Waals surface area contributed by atoms with Gasteiger partial charge in [0, 0.05) is 5.56 Å². The Morgan fingerprint density at radius 1 is 0.784 bits per heavy atom. The Morgan fingerprint density at radius 2 is 1.41 bits per heavy atom. The summed E-state index contributed by atoms with van der Waals surface area (Å²) in [4.78, 5) is 25.8. The van der Waals surface area contributed by atoms with Gasteiger partial charge in [0.25, 0.3) is 5.56 Å². The van der Waals surface area contributed by atoms with Gasteiger partial charge < -0.3 is 15.0 Å². The number of H-pyrrole nitrogens is 1. The number of methoxy groups -OCH3 is 1. The van der Waals surface area contributed by atoms with Crippen LogP contribution in [0.1, 0.15) is 0 Å². The normalized spacial score (nSPS) is 10.9. The Hall–Kier alpha value is -5.24. The summed E-state index contributed by atoms with van der Waals surface area (Å²) < 4.78 is 6.75. The Balaban J connectivity index is 1.67. The van der Waals surface area contributed by atoms with E-state index in [0.29, 0.717) is 39.7 Å². The molecular weight excluding hydrogens is 464 g/mol. The van der Waals surface area contributed by atoms with E-state index in [1.54, 1.807) is 19.5 Å². The molecule has 8 heteroatoms. The topological polar surface area (TPSA) is 97.2 Å². The number of ether oxygens (including phenoxy) is 1. The number of nitrogens with zero attached hydrogens (tertiary/aromatic N) is 4. The molecule has 8 nitrogen and oxygen atoms in total. The van der Waals surface area contributed by atoms with Crippen LogP contribution in [0.2, 0.25) is 0 Å². The number of rotatable bonds is 6. The van der Waals surface area contributed by atoms with E-state index >= 15 is 0 Å². The molecule has 2 N–H and O–H groups in total. The molecule has 0 saturated carbocycles. The van der Waals surface area contributed by atoms with Crippen LogP contribution in [0, 0.1) is 0 Å². The smallest absolute Gasteiger partial charge is 0.284 e. The standard InChI is InChI=1S/C29H22N6O2/c1-37-23-14-12-20(13-15-23)25-27(32-22-16-30-18-31-17-22)33-28-24(19-8-4-2-5-9-19)26(34-35(28)29(25)36)21-10-6-3-7-11-21/h2-18,32-33H,1H3. The van der Waals surface area contributed by atoms with E-state index in [-0.39, 0.29) is 5.56 Å². The van der Waals surface area contributed by atoms with E-state index in [4.69, 9.17) is 9.84 Å². The zero-order valence-corrected chi connectivity index (χ0v) is 19.9. The zero-order valence-electron chi connectivity index (χ0n) is 19.9. The first-order valence-corrected chi connectivity index (χ1v) is 11.7. The number of fused-ring (bicyclic) bond motifs is 1. The van der Waals surface area contributed by atoms with Crippen LogP contribution in [0.5, 0.6) is 5.75 Å². The molecule has 37 heavy (non-hydrogen) atoms. The predicted molar refractivity (Wildman–Crippen MR) is 144 cm³/mol. The number of hydrogen-bond acceptors (Lipinski definition) is 6. The van der Waals surface area contributed by atoms with Crippen molar-refractivity contribution in [3.63, 3.8) is 0 Å². The molecule has 0 spiro atoms. The lowest BCUT2D eigenvalue weighted by Crippen LogP contribution is -2.19. The van der Waals surface area contributed by atoms with Crippen molar-refractivity contribution in [2.75, 3.05) is 12.4 Å². The van der Waals surface area contributed by atoms with Gasteiger partial charge in [0.15, 0.2) is 0 Å². The minimum atomic E-state index is -0.266. The monoisotopic (exact) mass is 486 g/mol. The molecule has 0 radical (unpaired) electrons. The molecule has 3 aromatic heterocycles. The van der Waals surface area contributed by atoms with Crippen LogP contribution in [0.3, 0.4) is 0 Å². The summed E-state index contributed by atoms with van der Waals surface area (Å²) in [5.74, 6) is 1.21. The third-order valence-corrected chi connectivity index (χ3v) is 6.10. The number of hydrogen-bond donors (Lipinski definition) is 2. The first kappa shape index (κ1) is 22.2. The van der Waals surface area contributed by atoms with Crippen LogP contribution in [0.25, 0.3) is 39.2 Å². The SMILES string of the molecule is COc1ccc(-c2c(Nc3cncnc3)[nH]c3c(-c4ccccc4)c(-c4ccccc4)nn3c2=O)cc1. The van der Waals surface area contributed by atoms with Crippen molar-refractivity contribution in [2.45, 2.75) is 0 Å². The maximum atomic E-state index is 14.1. The molecule has 0 aliphatic carbocycles. The number of benzene rings is 3. The minimum Gasteiger partial charge on any atom is -0.497 e. The summed E-state index contributed by atoms with van der Waals surface area (Å²) in [6.45, 7) is 0. The fourth-order valence-electron chi connectivity index (χ4n) is 4.38. The summed E-state index contributed by atoms with van der Waals surface area (Å²) in [7, 11) is 1.61. The number of aromatic amines is 1. The van der Waals surface area contributed by atoms with Crippen molar-refractivity contribution in [1.82, 2.24) is 24.6 Å². The summed E-state index contributed by atoms with van der Waals surface area (Å²) in [5.41, 5.74) is 5.49. The lowest BCUT2D eigenvalue weighted by molar-refractivity contribution is 0.415. The van der Waals surface area contributed by atoms with Gasteiger partial charge in [-0.05, 0) is 23.3 Å². The molecule has 0 fully saturated rings. The fraction of sp³-hybridized carbons (Fsp3) is 0.0345. The van der Waals surface area contributed by atoms with Crippen LogP contribution < -0.4 is 15.6 Å². The average molecular weight is 487 g/mol. The highest BCUT2D eigenvalue weighted by molar-refractivity contribution is 5.92. The Bertz CT molecular complexity index is 1730. The second-order valence-corrected chi connectivity index (χ2v) is 8.38. The van der Waals surface area contributed by atoms with Gasteiger partial charge in [0.2, 0.25) is 0 Å². The second kappa shape index (κ2) is 9.43. The third-order valence-electron chi connectivity index (χ3n) is 6.10. The van der Waals surface area contributed by atoms with E-state index in [9.17, 15) is 4.79 Å². The van der Waals surface area contributed by atoms with Crippen LogP contribution >= 0.6 is 0 Å². The van der Waals surface area contributed by atoms with Gasteiger partial charge in [0.1, 0.15) is 29.2 Å². The van der Waals surface area contributed by atoms with Crippen molar-refractivity contribution in [3.05, 3.63) is 114 Å². The van der Waals surface area contributed by atoms with Gasteiger partial charge in [-0.1, -0.05) is 72.8 Å². The first-order valence-electron chi connectivity index (χ1n) is 11.7. The molecule has 0 atom stereocenters. The molecule has 0 amide bonds. The van der Waals surface area contributed by atoms with Gasteiger partial charge in [-0.25, -0.2) is 9.97 Å². The molecule has 0 aliphatic heterocycles. The lowest BCUT2D eigenvalue weighted by Gasteiger charge is -2.13. The second-order valence-electron chi connectivity index (χ2n) is 8.38. The van der Waals surface area contributed by atoms with Gasteiger partial charge in [-0.3, -0.25) is 4.79 Å². The van der Waals surface area contributed by atoms with E-state index in [0.717, 1.165) is 16.7 Å². The van der Waals surface area contributed by atoms with E-state index in [2.05, 4.69) is 20.3 Å². The Kier molecular flexibility index (Phi) is 5.67. The lowest BCUT2D eigenvalue weighted by atomic mass is 10.0. The molecule has 0 aliphatic rings. The summed E-state index contributed by atoms with van der Waals surface area (Å²) in [5, 5.41) is 8.13. The molecule has 3 aromatic carbocycles. The highest BCUT2D eigenvalue weighted by Crippen LogP contribution is 2.36. The van der Waals surface area contributed by atoms with Gasteiger partial charge >= 0.3 is 0 Å².